The number of ether oxygens (including phenoxy) is 1. The van der Waals surface area contributed by atoms with Gasteiger partial charge >= 0.3 is 0 Å². The molecule has 2 rings (SSSR count). The van der Waals surface area contributed by atoms with Crippen molar-refractivity contribution in [3.63, 3.8) is 0 Å². The number of Topliss-reactive ketones (excluding diaryl/α,β-unsaturated/α-hetero) is 1. The van der Waals surface area contributed by atoms with E-state index in [1.807, 2.05) is 13.8 Å². The van der Waals surface area contributed by atoms with E-state index in [1.165, 1.54) is 0 Å². The van der Waals surface area contributed by atoms with Crippen molar-refractivity contribution < 1.29 is 9.53 Å². The Bertz CT molecular complexity index is 379. The highest BCUT2D eigenvalue weighted by Gasteiger charge is 2.53. The summed E-state index contributed by atoms with van der Waals surface area (Å²) in [5, 5.41) is 0. The molecule has 2 unspecified atom stereocenters. The maximum atomic E-state index is 12.6. The van der Waals surface area contributed by atoms with Gasteiger partial charge in [-0.1, -0.05) is 6.92 Å². The van der Waals surface area contributed by atoms with Gasteiger partial charge in [-0.2, -0.15) is 0 Å². The molecular weight excluding hydrogens is 252 g/mol. The molecule has 2 fully saturated rings. The highest BCUT2D eigenvalue weighted by molar-refractivity contribution is 5.91. The van der Waals surface area contributed by atoms with Gasteiger partial charge in [-0.05, 0) is 41.2 Å². The zero-order valence-corrected chi connectivity index (χ0v) is 13.9. The number of nitrogens with zero attached hydrogens (tertiary/aromatic N) is 2. The molecular formula is C16H30N2O2. The van der Waals surface area contributed by atoms with E-state index >= 15 is 0 Å². The zero-order chi connectivity index (χ0) is 15.1. The monoisotopic (exact) mass is 282 g/mol. The Labute approximate surface area is 123 Å². The summed E-state index contributed by atoms with van der Waals surface area (Å²) in [4.78, 5) is 17.4. The van der Waals surface area contributed by atoms with E-state index in [2.05, 4.69) is 37.6 Å². The molecule has 4 heteroatoms. The molecule has 116 valence electrons. The Morgan fingerprint density at radius 2 is 1.90 bits per heavy atom. The van der Waals surface area contributed by atoms with Crippen LogP contribution in [0.3, 0.4) is 0 Å². The first-order chi connectivity index (χ1) is 9.17. The predicted molar refractivity (Wildman–Crippen MR) is 80.9 cm³/mol. The summed E-state index contributed by atoms with van der Waals surface area (Å²) in [5.41, 5.74) is -0.990. The van der Waals surface area contributed by atoms with Gasteiger partial charge in [0.1, 0.15) is 5.60 Å². The Morgan fingerprint density at radius 3 is 2.40 bits per heavy atom. The fraction of sp³-hybridized carbons (Fsp3) is 0.938. The summed E-state index contributed by atoms with van der Waals surface area (Å²) >= 11 is 0. The standard InChI is InChI=1S/C16H30N2O2/c1-7-12-10-18(9-8-17(12)6)11-13-14(19)16(4,5)20-15(13,2)3/h12-13H,7-11H2,1-6H3. The topological polar surface area (TPSA) is 32.8 Å². The van der Waals surface area contributed by atoms with E-state index < -0.39 is 5.60 Å². The molecule has 2 aliphatic heterocycles. The van der Waals surface area contributed by atoms with Gasteiger partial charge < -0.3 is 9.64 Å². The molecule has 0 radical (unpaired) electrons. The van der Waals surface area contributed by atoms with Gasteiger partial charge in [0.25, 0.3) is 0 Å². The molecule has 0 aromatic carbocycles. The van der Waals surface area contributed by atoms with Gasteiger partial charge in [0.2, 0.25) is 0 Å². The fourth-order valence-electron chi connectivity index (χ4n) is 3.69. The Balaban J connectivity index is 2.04. The van der Waals surface area contributed by atoms with E-state index in [-0.39, 0.29) is 17.3 Å². The maximum Gasteiger partial charge on any atom is 0.171 e. The number of hydrogen-bond donors (Lipinski definition) is 0. The minimum Gasteiger partial charge on any atom is -0.361 e. The third kappa shape index (κ3) is 2.92. The predicted octanol–water partition coefficient (Wildman–Crippen LogP) is 1.79. The van der Waals surface area contributed by atoms with Crippen LogP contribution in [0.4, 0.5) is 0 Å². The average molecular weight is 282 g/mol. The summed E-state index contributed by atoms with van der Waals surface area (Å²) in [5.74, 6) is 0.243. The second-order valence-corrected chi connectivity index (χ2v) is 7.43. The molecule has 20 heavy (non-hydrogen) atoms. The molecule has 4 nitrogen and oxygen atoms in total. The lowest BCUT2D eigenvalue weighted by Gasteiger charge is -2.41. The van der Waals surface area contributed by atoms with E-state index in [4.69, 9.17) is 4.74 Å². The molecule has 0 aromatic rings. The van der Waals surface area contributed by atoms with Gasteiger partial charge in [-0.25, -0.2) is 0 Å². The minimum atomic E-state index is -0.634. The zero-order valence-electron chi connectivity index (χ0n) is 13.9. The van der Waals surface area contributed by atoms with Crippen LogP contribution in [0.25, 0.3) is 0 Å². The highest BCUT2D eigenvalue weighted by atomic mass is 16.5. The highest BCUT2D eigenvalue weighted by Crippen LogP contribution is 2.39. The van der Waals surface area contributed by atoms with Crippen LogP contribution in [0.2, 0.25) is 0 Å². The van der Waals surface area contributed by atoms with E-state index in [0.717, 1.165) is 32.6 Å². The molecule has 2 atom stereocenters. The number of hydrogen-bond acceptors (Lipinski definition) is 4. The quantitative estimate of drug-likeness (QED) is 0.790. The molecule has 0 saturated carbocycles. The fourth-order valence-corrected chi connectivity index (χ4v) is 3.69. The van der Waals surface area contributed by atoms with Crippen LogP contribution in [-0.4, -0.2) is 66.1 Å². The number of carbonyl (C=O) groups excluding carboxylic acids is 1. The smallest absolute Gasteiger partial charge is 0.171 e. The Morgan fingerprint density at radius 1 is 1.25 bits per heavy atom. The van der Waals surface area contributed by atoms with E-state index in [1.54, 1.807) is 0 Å². The Hall–Kier alpha value is -0.450. The lowest BCUT2D eigenvalue weighted by atomic mass is 9.85. The summed E-state index contributed by atoms with van der Waals surface area (Å²) < 4.78 is 5.99. The summed E-state index contributed by atoms with van der Waals surface area (Å²) in [7, 11) is 2.20. The number of likely N-dealkylation sites (N-methyl/N-ethyl adjacent to an activating group) is 1. The number of ketones is 1. The van der Waals surface area contributed by atoms with Gasteiger partial charge in [0, 0.05) is 32.2 Å². The van der Waals surface area contributed by atoms with Crippen molar-refractivity contribution >= 4 is 5.78 Å². The van der Waals surface area contributed by atoms with Crippen molar-refractivity contribution in [3.8, 4) is 0 Å². The lowest BCUT2D eigenvalue weighted by molar-refractivity contribution is -0.132. The van der Waals surface area contributed by atoms with Crippen LogP contribution in [0.1, 0.15) is 41.0 Å². The van der Waals surface area contributed by atoms with Crippen molar-refractivity contribution in [2.24, 2.45) is 5.92 Å². The SMILES string of the molecule is CCC1CN(CC2C(=O)C(C)(C)OC2(C)C)CCN1C. The van der Waals surface area contributed by atoms with Crippen LogP contribution in [0.15, 0.2) is 0 Å². The first kappa shape index (κ1) is 15.9. The van der Waals surface area contributed by atoms with Crippen LogP contribution < -0.4 is 0 Å². The van der Waals surface area contributed by atoms with Crippen molar-refractivity contribution in [1.29, 1.82) is 0 Å². The van der Waals surface area contributed by atoms with E-state index in [9.17, 15) is 4.79 Å². The van der Waals surface area contributed by atoms with Crippen molar-refractivity contribution in [2.45, 2.75) is 58.3 Å². The first-order valence-electron chi connectivity index (χ1n) is 7.84. The van der Waals surface area contributed by atoms with Crippen LogP contribution in [0, 0.1) is 5.92 Å². The van der Waals surface area contributed by atoms with Crippen molar-refractivity contribution in [2.75, 3.05) is 33.2 Å². The maximum absolute atomic E-state index is 12.6. The molecule has 0 N–H and O–H groups in total. The second kappa shape index (κ2) is 5.39. The Kier molecular flexibility index (Phi) is 4.30. The molecule has 0 amide bonds. The molecule has 2 saturated heterocycles. The second-order valence-electron chi connectivity index (χ2n) is 7.43. The van der Waals surface area contributed by atoms with Crippen molar-refractivity contribution in [1.82, 2.24) is 9.80 Å². The molecule has 0 bridgehead atoms. The normalized spacial score (nSPS) is 34.6. The third-order valence-corrected chi connectivity index (χ3v) is 5.04. The summed E-state index contributed by atoms with van der Waals surface area (Å²) in [6.07, 6.45) is 1.16. The van der Waals surface area contributed by atoms with Crippen LogP contribution in [0.5, 0.6) is 0 Å². The van der Waals surface area contributed by atoms with Crippen LogP contribution in [-0.2, 0) is 9.53 Å². The van der Waals surface area contributed by atoms with Crippen LogP contribution >= 0.6 is 0 Å². The van der Waals surface area contributed by atoms with Crippen molar-refractivity contribution in [3.05, 3.63) is 0 Å². The molecule has 0 spiro atoms. The molecule has 0 aliphatic carbocycles. The molecule has 2 heterocycles. The lowest BCUT2D eigenvalue weighted by Crippen LogP contribution is -2.53. The van der Waals surface area contributed by atoms with Gasteiger partial charge in [0.15, 0.2) is 5.78 Å². The summed E-state index contributed by atoms with van der Waals surface area (Å²) in [6, 6.07) is 0.609. The summed E-state index contributed by atoms with van der Waals surface area (Å²) in [6.45, 7) is 14.2. The first-order valence-corrected chi connectivity index (χ1v) is 7.84. The largest absolute Gasteiger partial charge is 0.361 e. The van der Waals surface area contributed by atoms with Gasteiger partial charge in [0.05, 0.1) is 11.5 Å². The average Bonchev–Trinajstić information content (AvgIpc) is 2.49. The van der Waals surface area contributed by atoms with E-state index in [0.29, 0.717) is 6.04 Å². The van der Waals surface area contributed by atoms with Gasteiger partial charge in [-0.3, -0.25) is 9.69 Å². The number of piperazine rings is 1. The third-order valence-electron chi connectivity index (χ3n) is 5.04. The molecule has 2 aliphatic rings. The number of carbonyl (C=O) groups is 1. The van der Waals surface area contributed by atoms with Gasteiger partial charge in [-0.15, -0.1) is 0 Å². The molecule has 0 aromatic heterocycles. The minimum absolute atomic E-state index is 0.0154. The number of rotatable bonds is 3.